The van der Waals surface area contributed by atoms with Crippen LogP contribution in [0.25, 0.3) is 22.3 Å². The highest BCUT2D eigenvalue weighted by Gasteiger charge is 2.45. The first-order valence-electron chi connectivity index (χ1n) is 23.5. The van der Waals surface area contributed by atoms with Crippen molar-refractivity contribution in [3.8, 4) is 17.1 Å². The number of carbonyl (C=O) groups excluding carboxylic acids is 8. The molecule has 5 heterocycles. The van der Waals surface area contributed by atoms with Crippen LogP contribution in [-0.4, -0.2) is 119 Å². The summed E-state index contributed by atoms with van der Waals surface area (Å²) in [6.07, 6.45) is 4.93. The van der Waals surface area contributed by atoms with E-state index in [1.165, 1.54) is 12.2 Å². The van der Waals surface area contributed by atoms with Crippen molar-refractivity contribution >= 4 is 58.2 Å². The van der Waals surface area contributed by atoms with E-state index in [1.54, 1.807) is 54.0 Å². The molecule has 0 bridgehead atoms. The zero-order chi connectivity index (χ0) is 50.7. The lowest BCUT2D eigenvalue weighted by Crippen LogP contribution is -2.52. The summed E-state index contributed by atoms with van der Waals surface area (Å²) in [5.74, 6) is -3.83. The Morgan fingerprint density at radius 2 is 1.54 bits per heavy atom. The van der Waals surface area contributed by atoms with Gasteiger partial charge in [-0.2, -0.15) is 0 Å². The number of fused-ring (bicyclic) bond motifs is 5. The zero-order valence-corrected chi connectivity index (χ0v) is 39.4. The van der Waals surface area contributed by atoms with E-state index < -0.39 is 54.3 Å². The Labute approximate surface area is 407 Å². The van der Waals surface area contributed by atoms with Gasteiger partial charge in [0.05, 0.1) is 55.3 Å². The second kappa shape index (κ2) is 23.2. The van der Waals surface area contributed by atoms with Crippen molar-refractivity contribution in [2.45, 2.75) is 83.6 Å². The Morgan fingerprint density at radius 3 is 2.28 bits per heavy atom. The highest BCUT2D eigenvalue weighted by Crippen LogP contribution is 2.40. The molecule has 0 unspecified atom stereocenters. The SMILES string of the molecule is CCc1c2c(nc3ccc(OCCOCNC(=O)CNC(=O)[C@H](Cc4ccccc4)NC(=O)CNC(=O)CNC(=O)CCCCCN4C(=O)C=CC4=O)cc13)-c1cc3c(c(=O)n1C2)COC(=O)[C@]3(O)CC. The number of hydrogen-bond acceptors (Lipinski definition) is 14. The lowest BCUT2D eigenvalue weighted by atomic mass is 9.86. The number of carbonyl (C=O) groups is 8. The van der Waals surface area contributed by atoms with E-state index in [4.69, 9.17) is 19.2 Å². The van der Waals surface area contributed by atoms with Gasteiger partial charge in [0, 0.05) is 48.1 Å². The summed E-state index contributed by atoms with van der Waals surface area (Å²) < 4.78 is 18.3. The van der Waals surface area contributed by atoms with Crippen LogP contribution in [-0.2, 0) is 79.4 Å². The van der Waals surface area contributed by atoms with Crippen molar-refractivity contribution in [2.75, 3.05) is 46.1 Å². The van der Waals surface area contributed by atoms with E-state index in [0.717, 1.165) is 27.0 Å². The van der Waals surface area contributed by atoms with Crippen LogP contribution in [0.5, 0.6) is 5.75 Å². The van der Waals surface area contributed by atoms with Crippen LogP contribution in [0.1, 0.15) is 73.8 Å². The number of aryl methyl sites for hydroxylation is 1. The summed E-state index contributed by atoms with van der Waals surface area (Å²) in [6.45, 7) is 2.77. The van der Waals surface area contributed by atoms with Crippen molar-refractivity contribution in [3.63, 3.8) is 0 Å². The Bertz CT molecular complexity index is 2810. The molecular formula is C50H56N8O13. The first kappa shape index (κ1) is 51.1. The number of imide groups is 1. The number of cyclic esters (lactones) is 1. The summed E-state index contributed by atoms with van der Waals surface area (Å²) in [5.41, 5.74) is 2.64. The fourth-order valence-electron chi connectivity index (χ4n) is 8.61. The summed E-state index contributed by atoms with van der Waals surface area (Å²) in [5, 5.41) is 24.6. The van der Waals surface area contributed by atoms with Gasteiger partial charge in [0.25, 0.3) is 17.4 Å². The number of aliphatic hydroxyl groups is 1. The molecule has 21 nitrogen and oxygen atoms in total. The van der Waals surface area contributed by atoms with Gasteiger partial charge in [-0.15, -0.1) is 0 Å². The molecule has 0 spiro atoms. The first-order valence-corrected chi connectivity index (χ1v) is 23.5. The monoisotopic (exact) mass is 976 g/mol. The molecule has 3 aliphatic heterocycles. The van der Waals surface area contributed by atoms with Gasteiger partial charge in [-0.05, 0) is 61.1 Å². The van der Waals surface area contributed by atoms with Crippen LogP contribution >= 0.6 is 0 Å². The minimum Gasteiger partial charge on any atom is -0.491 e. The number of nitrogens with zero attached hydrogens (tertiary/aromatic N) is 3. The van der Waals surface area contributed by atoms with Crippen LogP contribution in [0, 0.1) is 0 Å². The van der Waals surface area contributed by atoms with Gasteiger partial charge in [-0.25, -0.2) is 9.78 Å². The Kier molecular flexibility index (Phi) is 16.7. The maximum atomic E-state index is 13.7. The maximum absolute atomic E-state index is 13.7. The average molecular weight is 977 g/mol. The van der Waals surface area contributed by atoms with Crippen LogP contribution in [0.2, 0.25) is 0 Å². The summed E-state index contributed by atoms with van der Waals surface area (Å²) in [4.78, 5) is 119. The largest absolute Gasteiger partial charge is 0.491 e. The van der Waals surface area contributed by atoms with Crippen LogP contribution in [0.15, 0.2) is 71.5 Å². The van der Waals surface area contributed by atoms with E-state index in [1.807, 2.05) is 19.1 Å². The first-order chi connectivity index (χ1) is 34.2. The molecule has 71 heavy (non-hydrogen) atoms. The van der Waals surface area contributed by atoms with Gasteiger partial charge >= 0.3 is 5.97 Å². The van der Waals surface area contributed by atoms with E-state index >= 15 is 0 Å². The lowest BCUT2D eigenvalue weighted by molar-refractivity contribution is -0.172. The molecule has 21 heteroatoms. The number of benzene rings is 2. The Morgan fingerprint density at radius 1 is 0.817 bits per heavy atom. The summed E-state index contributed by atoms with van der Waals surface area (Å²) in [7, 11) is 0. The standard InChI is InChI=1S/C50H56N8O13/c1-3-32-33-22-31(14-15-37(33)56-46-34(32)27-58-39(46)23-36-35(48(58)66)28-71-49(67)50(36,68)4-2)70-20-19-69-29-54-42(61)25-53-47(65)38(21-30-11-7-5-8-12-30)55-43(62)26-52-41(60)24-51-40(59)13-9-6-10-18-57-44(63)16-17-45(57)64/h5,7-8,11-12,14-17,22-23,38,68H,3-4,6,9-10,13,18-21,24-29H2,1-2H3,(H,51,59)(H,52,60)(H,53,65)(H,54,61)(H,55,62)/t38-,50-/m0/s1. The van der Waals surface area contributed by atoms with Gasteiger partial charge in [-0.1, -0.05) is 50.6 Å². The minimum absolute atomic E-state index is 0.0459. The van der Waals surface area contributed by atoms with E-state index in [-0.39, 0.29) is 99.9 Å². The number of unbranched alkanes of at least 4 members (excludes halogenated alkanes) is 2. The number of hydrogen-bond donors (Lipinski definition) is 6. The van der Waals surface area contributed by atoms with Crippen LogP contribution < -0.4 is 36.9 Å². The van der Waals surface area contributed by atoms with Crippen molar-refractivity contribution in [3.05, 3.63) is 105 Å². The zero-order valence-electron chi connectivity index (χ0n) is 39.4. The summed E-state index contributed by atoms with van der Waals surface area (Å²) in [6, 6.07) is 14.9. The fourth-order valence-corrected chi connectivity index (χ4v) is 8.61. The third-order valence-corrected chi connectivity index (χ3v) is 12.4. The number of ether oxygens (including phenoxy) is 3. The van der Waals surface area contributed by atoms with Gasteiger partial charge in [0.15, 0.2) is 5.60 Å². The molecule has 0 radical (unpaired) electrons. The number of aromatic nitrogens is 2. The highest BCUT2D eigenvalue weighted by atomic mass is 16.6. The average Bonchev–Trinajstić information content (AvgIpc) is 3.90. The third-order valence-electron chi connectivity index (χ3n) is 12.4. The number of nitrogens with one attached hydrogen (secondary N) is 5. The van der Waals surface area contributed by atoms with Crippen LogP contribution in [0.3, 0.4) is 0 Å². The number of amides is 7. The topological polar surface area (TPSA) is 283 Å². The minimum atomic E-state index is -1.92. The van der Waals surface area contributed by atoms with Gasteiger partial charge in [0.2, 0.25) is 29.5 Å². The molecule has 4 aromatic rings. The lowest BCUT2D eigenvalue weighted by Gasteiger charge is -2.31. The second-order valence-corrected chi connectivity index (χ2v) is 17.1. The molecule has 7 amide bonds. The fraction of sp³-hybridized carbons (Fsp3) is 0.400. The molecule has 374 valence electrons. The number of esters is 1. The van der Waals surface area contributed by atoms with E-state index in [2.05, 4.69) is 26.6 Å². The summed E-state index contributed by atoms with van der Waals surface area (Å²) >= 11 is 0. The third kappa shape index (κ3) is 12.2. The number of pyridine rings is 2. The molecule has 7 rings (SSSR count). The van der Waals surface area contributed by atoms with Crippen LogP contribution in [0.4, 0.5) is 0 Å². The van der Waals surface area contributed by atoms with Crippen molar-refractivity contribution in [1.29, 1.82) is 0 Å². The van der Waals surface area contributed by atoms with Crippen molar-refractivity contribution in [1.82, 2.24) is 41.0 Å². The second-order valence-electron chi connectivity index (χ2n) is 17.1. The van der Waals surface area contributed by atoms with E-state index in [9.17, 15) is 48.3 Å². The molecule has 0 aliphatic carbocycles. The van der Waals surface area contributed by atoms with Crippen molar-refractivity contribution < 1.29 is 57.7 Å². The highest BCUT2D eigenvalue weighted by molar-refractivity contribution is 6.12. The van der Waals surface area contributed by atoms with Gasteiger partial charge in [0.1, 0.15) is 31.7 Å². The Hall–Kier alpha value is -7.78. The molecule has 2 atom stereocenters. The number of rotatable bonds is 24. The quantitative estimate of drug-likeness (QED) is 0.0215. The normalized spacial score (nSPS) is 15.9. The van der Waals surface area contributed by atoms with Gasteiger partial charge < -0.3 is 50.5 Å². The molecule has 6 N–H and O–H groups in total. The predicted molar refractivity (Wildman–Crippen MR) is 254 cm³/mol. The molecular weight excluding hydrogens is 921 g/mol. The maximum Gasteiger partial charge on any atom is 0.343 e. The van der Waals surface area contributed by atoms with Crippen molar-refractivity contribution in [2.24, 2.45) is 0 Å². The van der Waals surface area contributed by atoms with Gasteiger partial charge in [-0.3, -0.25) is 43.3 Å². The molecule has 3 aliphatic rings. The van der Waals surface area contributed by atoms with E-state index in [0.29, 0.717) is 48.3 Å². The Balaban J connectivity index is 0.819. The molecule has 0 fully saturated rings. The molecule has 2 aromatic heterocycles. The molecule has 2 aromatic carbocycles. The smallest absolute Gasteiger partial charge is 0.343 e. The predicted octanol–water partition coefficient (Wildman–Crippen LogP) is 0.673. The molecule has 0 saturated heterocycles. The molecule has 0 saturated carbocycles.